The van der Waals surface area contributed by atoms with E-state index in [0.29, 0.717) is 43.4 Å². The van der Waals surface area contributed by atoms with Gasteiger partial charge in [-0.25, -0.2) is 10.2 Å². The summed E-state index contributed by atoms with van der Waals surface area (Å²) in [6.45, 7) is 5.79. The summed E-state index contributed by atoms with van der Waals surface area (Å²) in [7, 11) is 0. The van der Waals surface area contributed by atoms with Gasteiger partial charge in [0, 0.05) is 10.4 Å². The van der Waals surface area contributed by atoms with Crippen molar-refractivity contribution in [3.05, 3.63) is 79.6 Å². The molecule has 1 aromatic heterocycles. The maximum atomic E-state index is 13.0. The normalized spacial score (nSPS) is 15.3. The maximum Gasteiger partial charge on any atom is 0.341 e. The molecule has 0 radical (unpaired) electrons. The number of nitrogens with zero attached hydrogens (tertiary/aromatic N) is 1. The third-order valence-electron chi connectivity index (χ3n) is 6.35. The van der Waals surface area contributed by atoms with Gasteiger partial charge in [-0.05, 0) is 86.6 Å². The van der Waals surface area contributed by atoms with E-state index in [1.54, 1.807) is 56.3 Å². The summed E-state index contributed by atoms with van der Waals surface area (Å²) in [5, 5.41) is 8.14. The van der Waals surface area contributed by atoms with E-state index in [-0.39, 0.29) is 12.5 Å². The van der Waals surface area contributed by atoms with E-state index in [2.05, 4.69) is 22.8 Å². The number of hydrogen-bond acceptors (Lipinski definition) is 7. The first kappa shape index (κ1) is 29.6. The fraction of sp³-hybridized carbons (Fsp3) is 0.310. The average Bonchev–Trinajstić information content (AvgIpc) is 3.27. The minimum atomic E-state index is -0.849. The van der Waals surface area contributed by atoms with Crippen molar-refractivity contribution in [1.82, 2.24) is 5.43 Å². The highest BCUT2D eigenvalue weighted by atomic mass is 35.5. The highest BCUT2D eigenvalue weighted by molar-refractivity contribution is 7.17. The highest BCUT2D eigenvalue weighted by Gasteiger charge is 2.29. The molecule has 2 atom stereocenters. The molecule has 2 amide bonds. The van der Waals surface area contributed by atoms with Crippen LogP contribution < -0.4 is 15.5 Å². The predicted molar refractivity (Wildman–Crippen MR) is 158 cm³/mol. The second-order valence-corrected chi connectivity index (χ2v) is 11.3. The zero-order valence-corrected chi connectivity index (χ0v) is 24.6. The molecule has 11 heteroatoms. The third kappa shape index (κ3) is 7.21. The van der Waals surface area contributed by atoms with E-state index in [4.69, 9.17) is 32.7 Å². The first-order valence-corrected chi connectivity index (χ1v) is 14.4. The molecule has 2 N–H and O–H groups in total. The molecule has 0 bridgehead atoms. The zero-order valence-electron chi connectivity index (χ0n) is 22.3. The van der Waals surface area contributed by atoms with Crippen LogP contribution in [0.5, 0.6) is 5.75 Å². The zero-order chi connectivity index (χ0) is 28.8. The minimum absolute atomic E-state index is 0.259. The molecule has 0 spiro atoms. The van der Waals surface area contributed by atoms with Crippen LogP contribution in [0.2, 0.25) is 10.0 Å². The van der Waals surface area contributed by atoms with Crippen LogP contribution in [0.1, 0.15) is 63.9 Å². The maximum absolute atomic E-state index is 13.0. The standard InChI is InChI=1S/C29H29Cl2N3O5S/c1-4-38-29(37)25-21-11-5-16(2)13-24(21)40-28(25)33-27(36)19-7-9-20(10-8-19)39-17(3)26(35)34-32-15-18-6-12-22(30)23(31)14-18/h6-10,12,14-17H,4-5,11,13H2,1-3H3,(H,33,36)(H,34,35)/b32-15-/t16-,17-/m0/s1. The summed E-state index contributed by atoms with van der Waals surface area (Å²) in [5.74, 6) is -0.300. The average molecular weight is 603 g/mol. The quantitative estimate of drug-likeness (QED) is 0.165. The number of thiophene rings is 1. The molecule has 8 nitrogen and oxygen atoms in total. The molecular formula is C29H29Cl2N3O5S. The van der Waals surface area contributed by atoms with Gasteiger partial charge in [-0.1, -0.05) is 36.2 Å². The Hall–Kier alpha value is -3.40. The van der Waals surface area contributed by atoms with E-state index in [9.17, 15) is 14.4 Å². The number of fused-ring (bicyclic) bond motifs is 1. The molecule has 4 rings (SSSR count). The van der Waals surface area contributed by atoms with Gasteiger partial charge in [0.1, 0.15) is 10.8 Å². The highest BCUT2D eigenvalue weighted by Crippen LogP contribution is 2.40. The Kier molecular flexibility index (Phi) is 9.84. The van der Waals surface area contributed by atoms with Gasteiger partial charge in [0.2, 0.25) is 0 Å². The lowest BCUT2D eigenvalue weighted by Crippen LogP contribution is -2.33. The number of halogens is 2. The van der Waals surface area contributed by atoms with Gasteiger partial charge >= 0.3 is 5.97 Å². The number of ether oxygens (including phenoxy) is 2. The fourth-order valence-electron chi connectivity index (χ4n) is 4.23. The van der Waals surface area contributed by atoms with Crippen LogP contribution in [0, 0.1) is 5.92 Å². The summed E-state index contributed by atoms with van der Waals surface area (Å²) < 4.78 is 11.0. The second-order valence-electron chi connectivity index (χ2n) is 9.42. The summed E-state index contributed by atoms with van der Waals surface area (Å²) in [5.41, 5.74) is 4.91. The number of hydrogen-bond donors (Lipinski definition) is 2. The van der Waals surface area contributed by atoms with Crippen molar-refractivity contribution in [3.8, 4) is 5.75 Å². The number of benzene rings is 2. The van der Waals surface area contributed by atoms with Crippen LogP contribution in [0.3, 0.4) is 0 Å². The van der Waals surface area contributed by atoms with Gasteiger partial charge in [0.15, 0.2) is 6.10 Å². The molecule has 2 aromatic carbocycles. The van der Waals surface area contributed by atoms with Crippen LogP contribution in [-0.4, -0.2) is 36.7 Å². The Morgan fingerprint density at radius 2 is 1.90 bits per heavy atom. The molecule has 210 valence electrons. The molecule has 0 unspecified atom stereocenters. The minimum Gasteiger partial charge on any atom is -0.481 e. The van der Waals surface area contributed by atoms with Gasteiger partial charge in [0.25, 0.3) is 11.8 Å². The number of anilines is 1. The van der Waals surface area contributed by atoms with E-state index >= 15 is 0 Å². The fourth-order valence-corrected chi connectivity index (χ4v) is 5.93. The Bertz CT molecular complexity index is 1440. The SMILES string of the molecule is CCOC(=O)c1c(NC(=O)c2ccc(O[C@@H](C)C(=O)N/N=C\c3ccc(Cl)c(Cl)c3)cc2)sc2c1CC[C@H](C)C2. The van der Waals surface area contributed by atoms with Crippen LogP contribution in [0.25, 0.3) is 0 Å². The van der Waals surface area contributed by atoms with Crippen molar-refractivity contribution in [2.75, 3.05) is 11.9 Å². The van der Waals surface area contributed by atoms with Crippen LogP contribution in [0.4, 0.5) is 5.00 Å². The molecule has 0 saturated carbocycles. The molecular weight excluding hydrogens is 573 g/mol. The number of rotatable bonds is 9. The summed E-state index contributed by atoms with van der Waals surface area (Å²) >= 11 is 13.3. The molecule has 0 aliphatic heterocycles. The van der Waals surface area contributed by atoms with Gasteiger partial charge in [-0.15, -0.1) is 11.3 Å². The third-order valence-corrected chi connectivity index (χ3v) is 8.26. The lowest BCUT2D eigenvalue weighted by atomic mass is 9.88. The topological polar surface area (TPSA) is 106 Å². The summed E-state index contributed by atoms with van der Waals surface area (Å²) in [4.78, 5) is 39.3. The monoisotopic (exact) mass is 601 g/mol. The first-order chi connectivity index (χ1) is 19.2. The van der Waals surface area contributed by atoms with Crippen molar-refractivity contribution < 1.29 is 23.9 Å². The molecule has 40 heavy (non-hydrogen) atoms. The van der Waals surface area contributed by atoms with Crippen molar-refractivity contribution in [3.63, 3.8) is 0 Å². The van der Waals surface area contributed by atoms with Gasteiger partial charge in [0.05, 0.1) is 28.4 Å². The lowest BCUT2D eigenvalue weighted by Gasteiger charge is -2.18. The lowest BCUT2D eigenvalue weighted by molar-refractivity contribution is -0.127. The largest absolute Gasteiger partial charge is 0.481 e. The Morgan fingerprint density at radius 1 is 1.15 bits per heavy atom. The predicted octanol–water partition coefficient (Wildman–Crippen LogP) is 6.53. The number of carbonyl (C=O) groups excluding carboxylic acids is 3. The summed E-state index contributed by atoms with van der Waals surface area (Å²) in [6, 6.07) is 11.4. The van der Waals surface area contributed by atoms with E-state index in [1.807, 2.05) is 0 Å². The number of carbonyl (C=O) groups is 3. The van der Waals surface area contributed by atoms with Crippen molar-refractivity contribution >= 4 is 63.5 Å². The number of amides is 2. The van der Waals surface area contributed by atoms with Crippen molar-refractivity contribution in [2.24, 2.45) is 11.0 Å². The van der Waals surface area contributed by atoms with Crippen LogP contribution in [0.15, 0.2) is 47.6 Å². The Morgan fingerprint density at radius 3 is 2.60 bits per heavy atom. The second kappa shape index (κ2) is 13.3. The van der Waals surface area contributed by atoms with E-state index < -0.39 is 18.0 Å². The van der Waals surface area contributed by atoms with E-state index in [1.165, 1.54) is 17.6 Å². The van der Waals surface area contributed by atoms with Crippen molar-refractivity contribution in [2.45, 2.75) is 46.1 Å². The number of esters is 1. The van der Waals surface area contributed by atoms with E-state index in [0.717, 1.165) is 29.7 Å². The Balaban J connectivity index is 1.37. The molecule has 0 saturated heterocycles. The molecule has 1 heterocycles. The Labute approximate surface area is 246 Å². The smallest absolute Gasteiger partial charge is 0.341 e. The van der Waals surface area contributed by atoms with Crippen molar-refractivity contribution in [1.29, 1.82) is 0 Å². The number of nitrogens with one attached hydrogen (secondary N) is 2. The van der Waals surface area contributed by atoms with Gasteiger partial charge in [-0.3, -0.25) is 9.59 Å². The molecule has 1 aliphatic carbocycles. The van der Waals surface area contributed by atoms with Crippen LogP contribution in [-0.2, 0) is 22.4 Å². The van der Waals surface area contributed by atoms with Gasteiger partial charge < -0.3 is 14.8 Å². The summed E-state index contributed by atoms with van der Waals surface area (Å²) in [6.07, 6.45) is 3.25. The van der Waals surface area contributed by atoms with Crippen LogP contribution >= 0.6 is 34.5 Å². The molecule has 0 fully saturated rings. The van der Waals surface area contributed by atoms with Gasteiger partial charge in [-0.2, -0.15) is 5.10 Å². The molecule has 1 aliphatic rings. The molecule has 3 aromatic rings. The number of hydrazone groups is 1. The first-order valence-electron chi connectivity index (χ1n) is 12.8.